The first-order chi connectivity index (χ1) is 50.0. The van der Waals surface area contributed by atoms with Crippen LogP contribution in [0.4, 0.5) is 0 Å². The second-order valence-corrected chi connectivity index (χ2v) is 26.9. The van der Waals surface area contributed by atoms with E-state index in [-0.39, 0.29) is 75.0 Å². The summed E-state index contributed by atoms with van der Waals surface area (Å²) in [6, 6.07) is 0.747. The second-order valence-electron chi connectivity index (χ2n) is 25.5. The SMILES string of the molecule is CCCC[C@H](NC(=O)C1CC1)C(=O)N[C@@H](CC(C)C)C(=O)N[C@@H](Cc1ccccc1)C(=O)N[C@@H](Cc1c[nH]c2ccccc12)C(=O)N[C@@H](CCC(=O)O)C(=O)N[C@@H](CCCCNCC(=O)NC(CS)C(=O)NC(CO)C(=O)NC(CC(=O)O)C(=O)NC(CCSC)C(=O)NCC(=O)O)C(=O)NCC(=O)O. The number of aliphatic hydroxyl groups excluding tert-OH is 1. The summed E-state index contributed by atoms with van der Waals surface area (Å²) in [6.45, 7) is 2.42. The third kappa shape index (κ3) is 32.4. The van der Waals surface area contributed by atoms with E-state index in [1.165, 1.54) is 11.8 Å². The van der Waals surface area contributed by atoms with Crippen molar-refractivity contribution in [1.82, 2.24) is 74.1 Å². The molecule has 0 bridgehead atoms. The Balaban J connectivity index is 1.49. The molecule has 0 saturated heterocycles. The quantitative estimate of drug-likeness (QED) is 0.0207. The van der Waals surface area contributed by atoms with Crippen LogP contribution in [0.5, 0.6) is 0 Å². The Hall–Kier alpha value is -9.88. The first kappa shape index (κ1) is 87.5. The molecule has 105 heavy (non-hydrogen) atoms. The number of aliphatic carboxylic acids is 4. The van der Waals surface area contributed by atoms with E-state index in [4.69, 9.17) is 5.11 Å². The van der Waals surface area contributed by atoms with Gasteiger partial charge in [-0.15, -0.1) is 0 Å². The van der Waals surface area contributed by atoms with E-state index in [0.29, 0.717) is 53.5 Å². The predicted octanol–water partition coefficient (Wildman–Crippen LogP) is -2.38. The molecule has 2 aromatic carbocycles. The van der Waals surface area contributed by atoms with E-state index >= 15 is 0 Å². The highest BCUT2D eigenvalue weighted by Crippen LogP contribution is 2.29. The molecule has 1 aliphatic rings. The highest BCUT2D eigenvalue weighted by Gasteiger charge is 2.38. The van der Waals surface area contributed by atoms with Gasteiger partial charge in [-0.2, -0.15) is 24.4 Å². The molecule has 10 atom stereocenters. The van der Waals surface area contributed by atoms with Gasteiger partial charge in [0.15, 0.2) is 0 Å². The van der Waals surface area contributed by atoms with Gasteiger partial charge in [0.25, 0.3) is 0 Å². The maximum atomic E-state index is 14.9. The van der Waals surface area contributed by atoms with Gasteiger partial charge >= 0.3 is 23.9 Å². The molecule has 35 nitrogen and oxygen atoms in total. The highest BCUT2D eigenvalue weighted by atomic mass is 32.2. The lowest BCUT2D eigenvalue weighted by molar-refractivity contribution is -0.142. The Morgan fingerprint density at radius 2 is 0.990 bits per heavy atom. The fraction of sp³-hybridized carbons (Fsp3) is 0.559. The summed E-state index contributed by atoms with van der Waals surface area (Å²) in [4.78, 5) is 214. The molecular weight excluding hydrogens is 1410 g/mol. The zero-order chi connectivity index (χ0) is 77.7. The topological polar surface area (TPSA) is 546 Å². The number of carbonyl (C=O) groups is 16. The van der Waals surface area contributed by atoms with Gasteiger partial charge in [-0.3, -0.25) is 76.7 Å². The molecular formula is C68H98N14O21S2. The van der Waals surface area contributed by atoms with E-state index in [2.05, 4.69) is 86.7 Å². The molecule has 1 fully saturated rings. The van der Waals surface area contributed by atoms with Crippen LogP contribution in [0.15, 0.2) is 60.8 Å². The summed E-state index contributed by atoms with van der Waals surface area (Å²) >= 11 is 5.39. The molecule has 4 rings (SSSR count). The third-order valence-electron chi connectivity index (χ3n) is 16.4. The van der Waals surface area contributed by atoms with Gasteiger partial charge in [-0.1, -0.05) is 82.1 Å². The number of rotatable bonds is 51. The van der Waals surface area contributed by atoms with Crippen LogP contribution in [0, 0.1) is 11.8 Å². The van der Waals surface area contributed by atoms with Gasteiger partial charge in [-0.25, -0.2) is 0 Å². The average molecular weight is 1510 g/mol. The number of aliphatic hydroxyl groups is 1. The highest BCUT2D eigenvalue weighted by molar-refractivity contribution is 7.98. The van der Waals surface area contributed by atoms with Crippen molar-refractivity contribution < 1.29 is 102 Å². The molecule has 578 valence electrons. The van der Waals surface area contributed by atoms with Gasteiger partial charge in [-0.05, 0) is 99.5 Å². The minimum Gasteiger partial charge on any atom is -0.481 e. The van der Waals surface area contributed by atoms with Crippen molar-refractivity contribution in [2.45, 2.75) is 178 Å². The number of thiol groups is 1. The van der Waals surface area contributed by atoms with Gasteiger partial charge in [0, 0.05) is 48.0 Å². The van der Waals surface area contributed by atoms with Crippen molar-refractivity contribution in [2.75, 3.05) is 50.5 Å². The number of carboxylic acids is 4. The number of carbonyl (C=O) groups excluding carboxylic acids is 12. The van der Waals surface area contributed by atoms with Crippen LogP contribution < -0.4 is 69.1 Å². The lowest BCUT2D eigenvalue weighted by Crippen LogP contribution is -2.60. The number of hydrogen-bond donors (Lipinski definition) is 20. The maximum absolute atomic E-state index is 14.9. The van der Waals surface area contributed by atoms with E-state index in [0.717, 1.165) is 6.42 Å². The molecule has 1 saturated carbocycles. The summed E-state index contributed by atoms with van der Waals surface area (Å²) in [6.07, 6.45) is 3.79. The zero-order valence-corrected chi connectivity index (χ0v) is 60.6. The lowest BCUT2D eigenvalue weighted by atomic mass is 9.99. The third-order valence-corrected chi connectivity index (χ3v) is 17.5. The van der Waals surface area contributed by atoms with Crippen LogP contribution in [0.25, 0.3) is 10.9 Å². The molecule has 0 radical (unpaired) electrons. The number of para-hydroxylation sites is 1. The van der Waals surface area contributed by atoms with Crippen molar-refractivity contribution >= 4 is 130 Å². The number of carboxylic acid groups (broad SMARTS) is 4. The minimum atomic E-state index is -1.87. The van der Waals surface area contributed by atoms with E-state index in [1.54, 1.807) is 67.0 Å². The second kappa shape index (κ2) is 46.1. The number of aromatic nitrogens is 1. The molecule has 3 aromatic rings. The first-order valence-corrected chi connectivity index (χ1v) is 36.5. The zero-order valence-electron chi connectivity index (χ0n) is 58.9. The molecule has 37 heteroatoms. The molecule has 1 heterocycles. The fourth-order valence-corrected chi connectivity index (χ4v) is 11.4. The Bertz CT molecular complexity index is 3490. The van der Waals surface area contributed by atoms with Crippen LogP contribution in [0.1, 0.15) is 115 Å². The van der Waals surface area contributed by atoms with Crippen LogP contribution >= 0.6 is 24.4 Å². The molecule has 1 aliphatic carbocycles. The Kier molecular flexibility index (Phi) is 38.4. The number of benzene rings is 2. The molecule has 0 aliphatic heterocycles. The van der Waals surface area contributed by atoms with Crippen LogP contribution in [0.2, 0.25) is 0 Å². The fourth-order valence-electron chi connectivity index (χ4n) is 10.7. The number of nitrogens with one attached hydrogen (secondary N) is 14. The number of hydrogen-bond acceptors (Lipinski definition) is 20. The van der Waals surface area contributed by atoms with Crippen LogP contribution in [0.3, 0.4) is 0 Å². The summed E-state index contributed by atoms with van der Waals surface area (Å²) < 4.78 is 0. The number of fused-ring (bicyclic) bond motifs is 1. The molecule has 0 spiro atoms. The minimum absolute atomic E-state index is 0.0214. The van der Waals surface area contributed by atoms with Gasteiger partial charge in [0.2, 0.25) is 70.9 Å². The van der Waals surface area contributed by atoms with Crippen molar-refractivity contribution in [2.24, 2.45) is 11.8 Å². The number of unbranched alkanes of at least 4 members (excludes halogenated alkanes) is 2. The molecule has 12 amide bonds. The van der Waals surface area contributed by atoms with E-state index in [9.17, 15) is 97.1 Å². The molecule has 19 N–H and O–H groups in total. The molecule has 4 unspecified atom stereocenters. The Morgan fingerprint density at radius 1 is 0.505 bits per heavy atom. The van der Waals surface area contributed by atoms with Crippen molar-refractivity contribution in [3.05, 3.63) is 71.9 Å². The summed E-state index contributed by atoms with van der Waals surface area (Å²) in [5.74, 6) is -16.9. The normalized spacial score (nSPS) is 14.6. The summed E-state index contributed by atoms with van der Waals surface area (Å²) in [5, 5.41) is 80.8. The maximum Gasteiger partial charge on any atom is 0.322 e. The van der Waals surface area contributed by atoms with Gasteiger partial charge in [0.05, 0.1) is 19.6 Å². The van der Waals surface area contributed by atoms with Gasteiger partial charge in [0.1, 0.15) is 73.5 Å². The monoisotopic (exact) mass is 1510 g/mol. The number of amides is 12. The Morgan fingerprint density at radius 3 is 1.54 bits per heavy atom. The average Bonchev–Trinajstić information content (AvgIpc) is 1.74. The Labute approximate surface area is 615 Å². The van der Waals surface area contributed by atoms with Crippen LogP contribution in [-0.4, -0.2) is 236 Å². The van der Waals surface area contributed by atoms with E-state index in [1.807, 2.05) is 20.8 Å². The summed E-state index contributed by atoms with van der Waals surface area (Å²) in [7, 11) is 0. The smallest absolute Gasteiger partial charge is 0.322 e. The number of H-pyrrole nitrogens is 1. The first-order valence-electron chi connectivity index (χ1n) is 34.4. The standard InChI is InChI=1S/C68H98N14O21S2/c1-5-6-17-44(74-58(93)39-20-21-39)61(96)78-47(27-37(2)3)63(98)79-48(28-38-14-8-7-9-15-38)64(99)80-49(29-40-31-70-42-18-11-10-16-41(40)42)65(100)76-45(22-23-54(85)86)62(97)75-43(59(94)71-33-56(89)90)19-12-13-25-69-32-53(84)73-52(36-104)68(103)82-51(35-83)67(102)81-50(30-55(87)88)66(101)77-46(24-26-105-4)60(95)72-34-57(91)92/h7-11,14-16,18,31,37,39,43-52,69-70,83,104H,5-6,12-13,17,19-30,32-36H2,1-4H3,(H,71,94)(H,72,95)(H,73,84)(H,74,93)(H,75,97)(H,76,100)(H,77,101)(H,78,96)(H,79,98)(H,80,99)(H,81,102)(H,82,103)(H,85,86)(H,87,88)(H,89,90)(H,91,92)/t43-,44-,45-,46?,47-,48-,49-,50?,51?,52?/m0/s1. The van der Waals surface area contributed by atoms with Crippen molar-refractivity contribution in [3.63, 3.8) is 0 Å². The van der Waals surface area contributed by atoms with Crippen molar-refractivity contribution in [1.29, 1.82) is 0 Å². The largest absolute Gasteiger partial charge is 0.481 e. The van der Waals surface area contributed by atoms with E-state index < -0.39 is 195 Å². The summed E-state index contributed by atoms with van der Waals surface area (Å²) in [5.41, 5.74) is 1.75. The van der Waals surface area contributed by atoms with Gasteiger partial charge < -0.3 is 99.6 Å². The molecule has 1 aromatic heterocycles. The van der Waals surface area contributed by atoms with Crippen LogP contribution in [-0.2, 0) is 89.6 Å². The predicted molar refractivity (Wildman–Crippen MR) is 384 cm³/mol. The van der Waals surface area contributed by atoms with Crippen molar-refractivity contribution in [3.8, 4) is 0 Å². The lowest BCUT2D eigenvalue weighted by Gasteiger charge is -2.28. The number of thioether (sulfide) groups is 1. The number of aromatic amines is 1.